The Bertz CT molecular complexity index is 804. The van der Waals surface area contributed by atoms with E-state index in [9.17, 15) is 19.7 Å². The minimum atomic E-state index is -0.663. The van der Waals surface area contributed by atoms with Gasteiger partial charge in [-0.15, -0.1) is 0 Å². The fourth-order valence-electron chi connectivity index (χ4n) is 3.18. The van der Waals surface area contributed by atoms with E-state index >= 15 is 0 Å². The molecule has 1 saturated heterocycles. The summed E-state index contributed by atoms with van der Waals surface area (Å²) in [4.78, 5) is 48.4. The molecule has 2 heterocycles. The first-order valence-electron chi connectivity index (χ1n) is 10.1. The van der Waals surface area contributed by atoms with Crippen molar-refractivity contribution < 1.29 is 24.0 Å². The molecule has 0 atom stereocenters. The maximum atomic E-state index is 12.2. The summed E-state index contributed by atoms with van der Waals surface area (Å²) < 4.78 is 10.3. The number of anilines is 2. The number of piperazine rings is 1. The SMILES string of the molecule is CCOC(=O)CN1CCN(c2ncnc(N(C)CC(=O)OC(C)(C)C)c2[N+](=O)[O-])CC1. The first-order chi connectivity index (χ1) is 14.5. The molecule has 0 bridgehead atoms. The molecule has 1 aliphatic rings. The van der Waals surface area contributed by atoms with E-state index in [1.807, 2.05) is 4.90 Å². The average molecular weight is 438 g/mol. The summed E-state index contributed by atoms with van der Waals surface area (Å²) in [6.07, 6.45) is 1.24. The highest BCUT2D eigenvalue weighted by Gasteiger charge is 2.32. The second kappa shape index (κ2) is 10.3. The number of aromatic nitrogens is 2. The number of nitrogens with zero attached hydrogens (tertiary/aromatic N) is 6. The van der Waals surface area contributed by atoms with Crippen molar-refractivity contribution in [1.82, 2.24) is 14.9 Å². The minimum Gasteiger partial charge on any atom is -0.465 e. The van der Waals surface area contributed by atoms with Gasteiger partial charge in [0.05, 0.1) is 18.1 Å². The molecule has 172 valence electrons. The Hall–Kier alpha value is -3.02. The third-order valence-corrected chi connectivity index (χ3v) is 4.44. The third-order valence-electron chi connectivity index (χ3n) is 4.44. The molecule has 12 heteroatoms. The molecule has 0 radical (unpaired) electrons. The van der Waals surface area contributed by atoms with E-state index in [2.05, 4.69) is 9.97 Å². The van der Waals surface area contributed by atoms with Gasteiger partial charge in [0.25, 0.3) is 0 Å². The molecule has 1 aromatic heterocycles. The fourth-order valence-corrected chi connectivity index (χ4v) is 3.18. The van der Waals surface area contributed by atoms with Crippen molar-refractivity contribution in [3.8, 4) is 0 Å². The molecule has 0 aromatic carbocycles. The van der Waals surface area contributed by atoms with Crippen molar-refractivity contribution in [3.05, 3.63) is 16.4 Å². The molecule has 0 aliphatic carbocycles. The van der Waals surface area contributed by atoms with Crippen LogP contribution < -0.4 is 9.80 Å². The van der Waals surface area contributed by atoms with Crippen LogP contribution in [0.2, 0.25) is 0 Å². The number of nitro groups is 1. The molecule has 2 rings (SSSR count). The van der Waals surface area contributed by atoms with Crippen LogP contribution in [0.15, 0.2) is 6.33 Å². The number of carbonyl (C=O) groups excluding carboxylic acids is 2. The number of hydrogen-bond acceptors (Lipinski definition) is 11. The lowest BCUT2D eigenvalue weighted by molar-refractivity contribution is -0.383. The zero-order valence-electron chi connectivity index (χ0n) is 18.7. The van der Waals surface area contributed by atoms with Crippen molar-refractivity contribution in [2.45, 2.75) is 33.3 Å². The van der Waals surface area contributed by atoms with Gasteiger partial charge in [-0.1, -0.05) is 0 Å². The Morgan fingerprint density at radius 2 is 1.84 bits per heavy atom. The van der Waals surface area contributed by atoms with Crippen LogP contribution in [0.4, 0.5) is 17.3 Å². The molecule has 1 aromatic rings. The summed E-state index contributed by atoms with van der Waals surface area (Å²) >= 11 is 0. The number of ether oxygens (including phenoxy) is 2. The Labute approximate surface area is 181 Å². The monoisotopic (exact) mass is 438 g/mol. The van der Waals surface area contributed by atoms with Crippen LogP contribution in [-0.4, -0.2) is 90.3 Å². The number of hydrogen-bond donors (Lipinski definition) is 0. The Balaban J connectivity index is 2.15. The number of carbonyl (C=O) groups is 2. The fraction of sp³-hybridized carbons (Fsp3) is 0.684. The summed E-state index contributed by atoms with van der Waals surface area (Å²) in [6.45, 7) is 9.27. The lowest BCUT2D eigenvalue weighted by Crippen LogP contribution is -2.48. The topological polar surface area (TPSA) is 131 Å². The maximum Gasteiger partial charge on any atom is 0.353 e. The lowest BCUT2D eigenvalue weighted by atomic mass is 10.2. The van der Waals surface area contributed by atoms with Crippen molar-refractivity contribution in [2.24, 2.45) is 0 Å². The predicted molar refractivity (Wildman–Crippen MR) is 113 cm³/mol. The van der Waals surface area contributed by atoms with Gasteiger partial charge in [-0.05, 0) is 27.7 Å². The molecule has 31 heavy (non-hydrogen) atoms. The van der Waals surface area contributed by atoms with Gasteiger partial charge in [0.1, 0.15) is 18.5 Å². The van der Waals surface area contributed by atoms with Crippen molar-refractivity contribution in [1.29, 1.82) is 0 Å². The molecule has 0 saturated carbocycles. The molecule has 0 spiro atoms. The smallest absolute Gasteiger partial charge is 0.353 e. The van der Waals surface area contributed by atoms with Gasteiger partial charge in [-0.2, -0.15) is 0 Å². The highest BCUT2D eigenvalue weighted by Crippen LogP contribution is 2.34. The lowest BCUT2D eigenvalue weighted by Gasteiger charge is -2.34. The summed E-state index contributed by atoms with van der Waals surface area (Å²) in [6, 6.07) is 0. The van der Waals surface area contributed by atoms with Crippen LogP contribution in [0, 0.1) is 10.1 Å². The second-order valence-electron chi connectivity index (χ2n) is 8.14. The van der Waals surface area contributed by atoms with Gasteiger partial charge in [0, 0.05) is 33.2 Å². The van der Waals surface area contributed by atoms with Crippen molar-refractivity contribution in [3.63, 3.8) is 0 Å². The molecule has 1 fully saturated rings. The number of esters is 2. The van der Waals surface area contributed by atoms with E-state index in [1.54, 1.807) is 39.6 Å². The van der Waals surface area contributed by atoms with E-state index in [0.29, 0.717) is 32.8 Å². The van der Waals surface area contributed by atoms with Gasteiger partial charge in [0.15, 0.2) is 0 Å². The van der Waals surface area contributed by atoms with E-state index < -0.39 is 16.5 Å². The highest BCUT2D eigenvalue weighted by molar-refractivity contribution is 5.79. The molecular formula is C19H30N6O6. The Morgan fingerprint density at radius 1 is 1.19 bits per heavy atom. The predicted octanol–water partition coefficient (Wildman–Crippen LogP) is 0.848. The summed E-state index contributed by atoms with van der Waals surface area (Å²) in [5.74, 6) is -0.594. The molecular weight excluding hydrogens is 408 g/mol. The molecule has 12 nitrogen and oxygen atoms in total. The summed E-state index contributed by atoms with van der Waals surface area (Å²) in [5, 5.41) is 11.9. The third kappa shape index (κ3) is 7.02. The van der Waals surface area contributed by atoms with Crippen LogP contribution in [0.3, 0.4) is 0 Å². The summed E-state index contributed by atoms with van der Waals surface area (Å²) in [5.41, 5.74) is -0.934. The van der Waals surface area contributed by atoms with E-state index in [4.69, 9.17) is 9.47 Å². The van der Waals surface area contributed by atoms with Crippen LogP contribution in [0.5, 0.6) is 0 Å². The average Bonchev–Trinajstić information content (AvgIpc) is 2.66. The van der Waals surface area contributed by atoms with E-state index in [0.717, 1.165) is 0 Å². The maximum absolute atomic E-state index is 12.2. The highest BCUT2D eigenvalue weighted by atomic mass is 16.6. The van der Waals surface area contributed by atoms with Crippen LogP contribution >= 0.6 is 0 Å². The second-order valence-corrected chi connectivity index (χ2v) is 8.14. The van der Waals surface area contributed by atoms with Crippen molar-refractivity contribution in [2.75, 3.05) is 62.7 Å². The molecule has 0 unspecified atom stereocenters. The van der Waals surface area contributed by atoms with Gasteiger partial charge in [0.2, 0.25) is 11.6 Å². The van der Waals surface area contributed by atoms with Crippen molar-refractivity contribution >= 4 is 29.3 Å². The quantitative estimate of drug-likeness (QED) is 0.325. The Morgan fingerprint density at radius 3 is 2.39 bits per heavy atom. The normalized spacial score (nSPS) is 14.8. The standard InChI is InChI=1S/C19H30N6O6/c1-6-30-14(26)12-23-7-9-24(10-8-23)18-16(25(28)29)17(20-13-21-18)22(5)11-15(27)31-19(2,3)4/h13H,6-12H2,1-5H3. The largest absolute Gasteiger partial charge is 0.465 e. The van der Waals surface area contributed by atoms with Crippen LogP contribution in [0.25, 0.3) is 0 Å². The first-order valence-corrected chi connectivity index (χ1v) is 10.1. The van der Waals surface area contributed by atoms with Gasteiger partial charge < -0.3 is 19.3 Å². The molecule has 1 aliphatic heterocycles. The van der Waals surface area contributed by atoms with Crippen LogP contribution in [0.1, 0.15) is 27.7 Å². The number of rotatable bonds is 8. The van der Waals surface area contributed by atoms with E-state index in [1.165, 1.54) is 11.2 Å². The molecule has 0 N–H and O–H groups in total. The van der Waals surface area contributed by atoms with E-state index in [-0.39, 0.29) is 36.4 Å². The number of likely N-dealkylation sites (N-methyl/N-ethyl adjacent to an activating group) is 1. The van der Waals surface area contributed by atoms with Gasteiger partial charge in [-0.3, -0.25) is 24.6 Å². The van der Waals surface area contributed by atoms with Crippen LogP contribution in [-0.2, 0) is 19.1 Å². The van der Waals surface area contributed by atoms with Gasteiger partial charge >= 0.3 is 17.6 Å². The minimum absolute atomic E-state index is 0.0369. The Kier molecular flexibility index (Phi) is 8.08. The zero-order valence-corrected chi connectivity index (χ0v) is 18.7. The first kappa shape index (κ1) is 24.3. The summed E-state index contributed by atoms with van der Waals surface area (Å²) in [7, 11) is 1.54. The van der Waals surface area contributed by atoms with Gasteiger partial charge in [-0.25, -0.2) is 9.97 Å². The molecule has 0 amide bonds. The zero-order chi connectivity index (χ0) is 23.2.